The second-order valence-corrected chi connectivity index (χ2v) is 4.49. The first kappa shape index (κ1) is 12.7. The molecule has 0 aliphatic heterocycles. The number of carbonyl (C=O) groups excluding carboxylic acids is 1. The second-order valence-electron chi connectivity index (χ2n) is 4.22. The Morgan fingerprint density at radius 2 is 2.19 bits per heavy atom. The van der Waals surface area contributed by atoms with Crippen LogP contribution in [0.3, 0.4) is 0 Å². The highest BCUT2D eigenvalue weighted by atomic mass is 35.5. The Balaban J connectivity index is 2.99. The Morgan fingerprint density at radius 3 is 2.69 bits per heavy atom. The summed E-state index contributed by atoms with van der Waals surface area (Å²) in [6.07, 6.45) is 1.33. The summed E-state index contributed by atoms with van der Waals surface area (Å²) in [5.74, 6) is -0.326. The zero-order valence-corrected chi connectivity index (χ0v) is 10.2. The number of ether oxygens (including phenoxy) is 1. The van der Waals surface area contributed by atoms with Gasteiger partial charge in [-0.15, -0.1) is 11.6 Å². The van der Waals surface area contributed by atoms with Crippen LogP contribution < -0.4 is 5.73 Å². The highest BCUT2D eigenvalue weighted by Crippen LogP contribution is 2.15. The Kier molecular flexibility index (Phi) is 3.70. The number of anilines is 1. The summed E-state index contributed by atoms with van der Waals surface area (Å²) >= 11 is 5.67. The minimum absolute atomic E-state index is 0.0846. The number of nitrogen functional groups attached to an aromatic ring is 1. The van der Waals surface area contributed by atoms with Crippen molar-refractivity contribution < 1.29 is 9.53 Å². The van der Waals surface area contributed by atoms with E-state index in [1.165, 1.54) is 6.20 Å². The molecule has 2 N–H and O–H groups in total. The molecule has 0 aliphatic rings. The highest BCUT2D eigenvalue weighted by Gasteiger charge is 2.21. The van der Waals surface area contributed by atoms with E-state index in [4.69, 9.17) is 22.1 Å². The summed E-state index contributed by atoms with van der Waals surface area (Å²) in [5, 5.41) is 0. The van der Waals surface area contributed by atoms with Crippen LogP contribution in [0.25, 0.3) is 0 Å². The number of esters is 1. The third-order valence-electron chi connectivity index (χ3n) is 1.63. The van der Waals surface area contributed by atoms with E-state index in [1.54, 1.807) is 20.8 Å². The Labute approximate surface area is 99.0 Å². The average Bonchev–Trinajstić information content (AvgIpc) is 2.14. The van der Waals surface area contributed by atoms with Gasteiger partial charge in [0.15, 0.2) is 0 Å². The van der Waals surface area contributed by atoms with E-state index < -0.39 is 11.6 Å². The van der Waals surface area contributed by atoms with Crippen molar-refractivity contribution in [2.75, 3.05) is 5.73 Å². The van der Waals surface area contributed by atoms with Gasteiger partial charge in [0.1, 0.15) is 11.2 Å². The molecule has 6 heteroatoms. The molecule has 0 amide bonds. The first-order chi connectivity index (χ1) is 7.33. The van der Waals surface area contributed by atoms with Gasteiger partial charge in [0.05, 0.1) is 11.6 Å². The van der Waals surface area contributed by atoms with Gasteiger partial charge in [-0.1, -0.05) is 0 Å². The maximum atomic E-state index is 11.7. The van der Waals surface area contributed by atoms with Crippen molar-refractivity contribution in [2.24, 2.45) is 0 Å². The van der Waals surface area contributed by atoms with Crippen molar-refractivity contribution in [3.05, 3.63) is 17.5 Å². The van der Waals surface area contributed by atoms with Crippen LogP contribution in [0, 0.1) is 0 Å². The predicted octanol–water partition coefficient (Wildman–Crippen LogP) is 1.75. The Morgan fingerprint density at radius 1 is 1.56 bits per heavy atom. The molecule has 1 rings (SSSR count). The molecule has 1 heterocycles. The number of nitrogens with two attached hydrogens (primary N) is 1. The highest BCUT2D eigenvalue weighted by molar-refractivity contribution is 6.17. The van der Waals surface area contributed by atoms with E-state index >= 15 is 0 Å². The number of halogens is 1. The van der Waals surface area contributed by atoms with Crippen molar-refractivity contribution in [3.63, 3.8) is 0 Å². The van der Waals surface area contributed by atoms with Gasteiger partial charge in [-0.3, -0.25) is 0 Å². The van der Waals surface area contributed by atoms with Crippen LogP contribution in [0.1, 0.15) is 36.8 Å². The summed E-state index contributed by atoms with van der Waals surface area (Å²) in [7, 11) is 0. The largest absolute Gasteiger partial charge is 0.456 e. The number of carbonyl (C=O) groups is 1. The van der Waals surface area contributed by atoms with Crippen LogP contribution in [-0.4, -0.2) is 21.5 Å². The molecule has 0 fully saturated rings. The summed E-state index contributed by atoms with van der Waals surface area (Å²) < 4.78 is 5.19. The third kappa shape index (κ3) is 3.34. The molecule has 0 saturated heterocycles. The van der Waals surface area contributed by atoms with Gasteiger partial charge in [0, 0.05) is 6.20 Å². The van der Waals surface area contributed by atoms with Gasteiger partial charge >= 0.3 is 5.97 Å². The van der Waals surface area contributed by atoms with Crippen LogP contribution >= 0.6 is 11.6 Å². The third-order valence-corrected chi connectivity index (χ3v) is 1.88. The quantitative estimate of drug-likeness (QED) is 0.633. The molecule has 0 spiro atoms. The van der Waals surface area contributed by atoms with Crippen LogP contribution in [-0.2, 0) is 10.6 Å². The fourth-order valence-electron chi connectivity index (χ4n) is 1.04. The summed E-state index contributed by atoms with van der Waals surface area (Å²) in [6.45, 7) is 5.34. The van der Waals surface area contributed by atoms with E-state index in [2.05, 4.69) is 9.97 Å². The smallest absolute Gasteiger partial charge is 0.342 e. The number of hydrogen-bond donors (Lipinski definition) is 1. The topological polar surface area (TPSA) is 78.1 Å². The first-order valence-corrected chi connectivity index (χ1v) is 5.27. The Bertz CT molecular complexity index is 402. The maximum Gasteiger partial charge on any atom is 0.342 e. The summed E-state index contributed by atoms with van der Waals surface area (Å²) in [6, 6.07) is 0. The molecule has 0 radical (unpaired) electrons. The molecule has 0 aliphatic carbocycles. The molecule has 0 saturated carbocycles. The molecule has 1 aromatic heterocycles. The average molecular weight is 244 g/mol. The minimum Gasteiger partial charge on any atom is -0.456 e. The van der Waals surface area contributed by atoms with Gasteiger partial charge in [0.25, 0.3) is 0 Å². The molecule has 88 valence electrons. The molecule has 0 aromatic carbocycles. The van der Waals surface area contributed by atoms with Gasteiger partial charge in [0.2, 0.25) is 5.95 Å². The first-order valence-electron chi connectivity index (χ1n) is 4.74. The summed E-state index contributed by atoms with van der Waals surface area (Å²) in [5.41, 5.74) is 5.46. The zero-order valence-electron chi connectivity index (χ0n) is 9.45. The predicted molar refractivity (Wildman–Crippen MR) is 61.2 cm³/mol. The lowest BCUT2D eigenvalue weighted by molar-refractivity contribution is 0.00677. The normalized spacial score (nSPS) is 11.2. The molecule has 1 aromatic rings. The van der Waals surface area contributed by atoms with Crippen molar-refractivity contribution in [1.82, 2.24) is 9.97 Å². The second kappa shape index (κ2) is 4.65. The molecule has 16 heavy (non-hydrogen) atoms. The fourth-order valence-corrected chi connectivity index (χ4v) is 1.24. The van der Waals surface area contributed by atoms with Gasteiger partial charge in [-0.25, -0.2) is 14.8 Å². The number of nitrogens with zero attached hydrogens (tertiary/aromatic N) is 2. The van der Waals surface area contributed by atoms with Crippen molar-refractivity contribution in [3.8, 4) is 0 Å². The van der Waals surface area contributed by atoms with Crippen LogP contribution in [0.15, 0.2) is 6.20 Å². The van der Waals surface area contributed by atoms with Crippen LogP contribution in [0.5, 0.6) is 0 Å². The lowest BCUT2D eigenvalue weighted by Crippen LogP contribution is -2.25. The van der Waals surface area contributed by atoms with Crippen molar-refractivity contribution in [1.29, 1.82) is 0 Å². The van der Waals surface area contributed by atoms with Crippen LogP contribution in [0.2, 0.25) is 0 Å². The molecule has 0 bridgehead atoms. The molecular weight excluding hydrogens is 230 g/mol. The monoisotopic (exact) mass is 243 g/mol. The maximum absolute atomic E-state index is 11.7. The minimum atomic E-state index is -0.567. The van der Waals surface area contributed by atoms with Crippen molar-refractivity contribution >= 4 is 23.5 Å². The molecule has 0 unspecified atom stereocenters. The summed E-state index contributed by atoms with van der Waals surface area (Å²) in [4.78, 5) is 19.4. The molecule has 0 atom stereocenters. The zero-order chi connectivity index (χ0) is 12.3. The van der Waals surface area contributed by atoms with Crippen molar-refractivity contribution in [2.45, 2.75) is 32.3 Å². The van der Waals surface area contributed by atoms with E-state index in [0.29, 0.717) is 5.69 Å². The number of alkyl halides is 1. The SMILES string of the molecule is CC(C)(C)OC(=O)c1cnc(N)nc1CCl. The van der Waals surface area contributed by atoms with E-state index in [0.717, 1.165) is 0 Å². The van der Waals surface area contributed by atoms with Gasteiger partial charge in [-0.2, -0.15) is 0 Å². The lowest BCUT2D eigenvalue weighted by Gasteiger charge is -2.19. The van der Waals surface area contributed by atoms with E-state index in [1.807, 2.05) is 0 Å². The molecular formula is C10H14ClN3O2. The van der Waals surface area contributed by atoms with Gasteiger partial charge < -0.3 is 10.5 Å². The van der Waals surface area contributed by atoms with E-state index in [9.17, 15) is 4.79 Å². The number of aromatic nitrogens is 2. The lowest BCUT2D eigenvalue weighted by atomic mass is 10.2. The fraction of sp³-hybridized carbons (Fsp3) is 0.500. The van der Waals surface area contributed by atoms with Gasteiger partial charge in [-0.05, 0) is 20.8 Å². The van der Waals surface area contributed by atoms with Crippen LogP contribution in [0.4, 0.5) is 5.95 Å². The number of rotatable bonds is 2. The number of hydrogen-bond acceptors (Lipinski definition) is 5. The molecule has 5 nitrogen and oxygen atoms in total. The van der Waals surface area contributed by atoms with E-state index in [-0.39, 0.29) is 17.4 Å². The standard InChI is InChI=1S/C10H14ClN3O2/c1-10(2,3)16-8(15)6-5-13-9(12)14-7(6)4-11/h5H,4H2,1-3H3,(H2,12,13,14). The Hall–Kier alpha value is -1.36.